The van der Waals surface area contributed by atoms with Gasteiger partial charge in [-0.1, -0.05) is 0 Å². The zero-order valence-corrected chi connectivity index (χ0v) is 9.30. The molecule has 0 saturated carbocycles. The average Bonchev–Trinajstić information content (AvgIpc) is 3.04. The fraction of sp³-hybridized carbons (Fsp3) is 0. The van der Waals surface area contributed by atoms with E-state index in [4.69, 9.17) is 0 Å². The van der Waals surface area contributed by atoms with Crippen LogP contribution in [0.2, 0.25) is 0 Å². The number of aromatic nitrogens is 6. The van der Waals surface area contributed by atoms with Crippen molar-refractivity contribution in [1.29, 1.82) is 0 Å². The lowest BCUT2D eigenvalue weighted by atomic mass is 10.2. The lowest BCUT2D eigenvalue weighted by Gasteiger charge is -1.97. The van der Waals surface area contributed by atoms with Gasteiger partial charge in [0.15, 0.2) is 5.65 Å². The van der Waals surface area contributed by atoms with Gasteiger partial charge in [0.25, 0.3) is 0 Å². The first kappa shape index (κ1) is 9.29. The van der Waals surface area contributed by atoms with E-state index < -0.39 is 0 Å². The molecule has 0 aliphatic rings. The summed E-state index contributed by atoms with van der Waals surface area (Å²) < 4.78 is 3.60. The van der Waals surface area contributed by atoms with Crippen molar-refractivity contribution in [3.63, 3.8) is 0 Å². The monoisotopic (exact) mass is 236 g/mol. The van der Waals surface area contributed by atoms with E-state index in [2.05, 4.69) is 20.1 Å². The first-order valence-corrected chi connectivity index (χ1v) is 5.49. The van der Waals surface area contributed by atoms with Crippen molar-refractivity contribution in [1.82, 2.24) is 29.0 Å². The normalized spacial score (nSPS) is 11.3. The summed E-state index contributed by atoms with van der Waals surface area (Å²) in [5.74, 6) is 0. The predicted octanol–water partition coefficient (Wildman–Crippen LogP) is 1.44. The van der Waals surface area contributed by atoms with E-state index >= 15 is 0 Å². The molecule has 0 aliphatic heterocycles. The molecule has 18 heavy (non-hydrogen) atoms. The number of hydrogen-bond acceptors (Lipinski definition) is 4. The van der Waals surface area contributed by atoms with E-state index in [0.29, 0.717) is 0 Å². The van der Waals surface area contributed by atoms with Crippen LogP contribution in [-0.4, -0.2) is 29.0 Å². The van der Waals surface area contributed by atoms with E-state index in [1.807, 2.05) is 35.0 Å². The van der Waals surface area contributed by atoms with Crippen molar-refractivity contribution in [2.45, 2.75) is 0 Å². The van der Waals surface area contributed by atoms with Crippen molar-refractivity contribution < 1.29 is 0 Å². The average molecular weight is 236 g/mol. The molecule has 4 aromatic rings. The van der Waals surface area contributed by atoms with Gasteiger partial charge in [0.1, 0.15) is 18.3 Å². The zero-order chi connectivity index (χ0) is 11.9. The standard InChI is InChI=1S/C12H8N6/c1-2-11-16-10(5-15-18(11)3-1)9-4-12-14-7-13-8-17(12)6-9/h1-8H. The third kappa shape index (κ3) is 1.29. The van der Waals surface area contributed by atoms with Gasteiger partial charge in [-0.15, -0.1) is 0 Å². The highest BCUT2D eigenvalue weighted by Gasteiger charge is 2.06. The molecule has 4 rings (SSSR count). The van der Waals surface area contributed by atoms with Gasteiger partial charge in [-0.2, -0.15) is 5.10 Å². The Morgan fingerprint density at radius 2 is 2.17 bits per heavy atom. The first-order valence-electron chi connectivity index (χ1n) is 5.49. The molecule has 0 bridgehead atoms. The molecule has 4 aromatic heterocycles. The Kier molecular flexibility index (Phi) is 1.74. The van der Waals surface area contributed by atoms with Crippen LogP contribution in [0.4, 0.5) is 0 Å². The van der Waals surface area contributed by atoms with Crippen molar-refractivity contribution in [2.24, 2.45) is 0 Å². The van der Waals surface area contributed by atoms with E-state index in [0.717, 1.165) is 22.6 Å². The molecule has 6 nitrogen and oxygen atoms in total. The van der Waals surface area contributed by atoms with Gasteiger partial charge in [-0.25, -0.2) is 19.5 Å². The summed E-state index contributed by atoms with van der Waals surface area (Å²) in [5.41, 5.74) is 3.48. The SMILES string of the molecule is c1cc2nc(-c3cc4ncncn4c3)cnn2c1. The van der Waals surface area contributed by atoms with E-state index in [9.17, 15) is 0 Å². The molecule has 0 amide bonds. The molecule has 0 aliphatic carbocycles. The lowest BCUT2D eigenvalue weighted by Crippen LogP contribution is -1.93. The van der Waals surface area contributed by atoms with Crippen LogP contribution in [0.1, 0.15) is 0 Å². The largest absolute Gasteiger partial charge is 0.291 e. The smallest absolute Gasteiger partial charge is 0.154 e. The summed E-state index contributed by atoms with van der Waals surface area (Å²) in [6.07, 6.45) is 8.80. The van der Waals surface area contributed by atoms with Gasteiger partial charge in [0, 0.05) is 18.0 Å². The van der Waals surface area contributed by atoms with Gasteiger partial charge in [-0.05, 0) is 18.2 Å². The zero-order valence-electron chi connectivity index (χ0n) is 9.30. The molecule has 0 fully saturated rings. The van der Waals surface area contributed by atoms with Crippen molar-refractivity contribution in [2.75, 3.05) is 0 Å². The predicted molar refractivity (Wildman–Crippen MR) is 65.0 cm³/mol. The topological polar surface area (TPSA) is 60.4 Å². The van der Waals surface area contributed by atoms with Crippen LogP contribution in [0.25, 0.3) is 22.6 Å². The summed E-state index contributed by atoms with van der Waals surface area (Å²) in [7, 11) is 0. The highest BCUT2D eigenvalue weighted by Crippen LogP contribution is 2.19. The lowest BCUT2D eigenvalue weighted by molar-refractivity contribution is 0.914. The third-order valence-electron chi connectivity index (χ3n) is 2.82. The Hall–Kier alpha value is -2.76. The minimum Gasteiger partial charge on any atom is -0.291 e. The van der Waals surface area contributed by atoms with Crippen molar-refractivity contribution in [3.8, 4) is 11.3 Å². The van der Waals surface area contributed by atoms with Crippen LogP contribution < -0.4 is 0 Å². The van der Waals surface area contributed by atoms with Gasteiger partial charge >= 0.3 is 0 Å². The van der Waals surface area contributed by atoms with Crippen LogP contribution in [-0.2, 0) is 0 Å². The first-order chi connectivity index (χ1) is 8.90. The summed E-state index contributed by atoms with van der Waals surface area (Å²) in [5, 5.41) is 4.30. The van der Waals surface area contributed by atoms with Crippen molar-refractivity contribution in [3.05, 3.63) is 49.4 Å². The van der Waals surface area contributed by atoms with Crippen LogP contribution in [0.3, 0.4) is 0 Å². The van der Waals surface area contributed by atoms with Gasteiger partial charge in [0.2, 0.25) is 0 Å². The van der Waals surface area contributed by atoms with Crippen molar-refractivity contribution >= 4 is 11.3 Å². The Morgan fingerprint density at radius 1 is 1.17 bits per heavy atom. The molecule has 0 N–H and O–H groups in total. The fourth-order valence-corrected chi connectivity index (χ4v) is 1.96. The number of fused-ring (bicyclic) bond motifs is 2. The summed E-state index contributed by atoms with van der Waals surface area (Å²) >= 11 is 0. The van der Waals surface area contributed by atoms with Crippen LogP contribution in [0.5, 0.6) is 0 Å². The fourth-order valence-electron chi connectivity index (χ4n) is 1.96. The Morgan fingerprint density at radius 3 is 3.11 bits per heavy atom. The molecule has 0 unspecified atom stereocenters. The maximum atomic E-state index is 4.54. The molecule has 86 valence electrons. The maximum Gasteiger partial charge on any atom is 0.154 e. The second-order valence-electron chi connectivity index (χ2n) is 3.96. The van der Waals surface area contributed by atoms with Crippen LogP contribution >= 0.6 is 0 Å². The molecule has 0 saturated heterocycles. The Balaban J connectivity index is 1.94. The molecule has 0 spiro atoms. The number of rotatable bonds is 1. The Bertz CT molecular complexity index is 811. The van der Waals surface area contributed by atoms with Crippen LogP contribution in [0.15, 0.2) is 49.4 Å². The highest BCUT2D eigenvalue weighted by atomic mass is 15.2. The minimum atomic E-state index is 0.826. The van der Waals surface area contributed by atoms with Gasteiger partial charge < -0.3 is 0 Å². The van der Waals surface area contributed by atoms with E-state index in [1.54, 1.807) is 17.0 Å². The summed E-state index contributed by atoms with van der Waals surface area (Å²) in [4.78, 5) is 12.7. The second kappa shape index (κ2) is 3.36. The molecule has 0 aromatic carbocycles. The third-order valence-corrected chi connectivity index (χ3v) is 2.82. The summed E-state index contributed by atoms with van der Waals surface area (Å²) in [6, 6.07) is 5.80. The molecule has 0 atom stereocenters. The van der Waals surface area contributed by atoms with E-state index in [1.165, 1.54) is 6.33 Å². The number of hydrogen-bond donors (Lipinski definition) is 0. The minimum absolute atomic E-state index is 0.826. The molecule has 6 heteroatoms. The quantitative estimate of drug-likeness (QED) is 0.501. The van der Waals surface area contributed by atoms with Crippen LogP contribution in [0, 0.1) is 0 Å². The maximum absolute atomic E-state index is 4.54. The van der Waals surface area contributed by atoms with E-state index in [-0.39, 0.29) is 0 Å². The highest BCUT2D eigenvalue weighted by molar-refractivity contribution is 5.65. The number of nitrogens with zero attached hydrogens (tertiary/aromatic N) is 6. The molecule has 4 heterocycles. The molecular weight excluding hydrogens is 228 g/mol. The Labute approximate surface area is 102 Å². The molecular formula is C12H8N6. The molecule has 0 radical (unpaired) electrons. The second-order valence-corrected chi connectivity index (χ2v) is 3.96. The van der Waals surface area contributed by atoms with Gasteiger partial charge in [0.05, 0.1) is 11.9 Å². The summed E-state index contributed by atoms with van der Waals surface area (Å²) in [6.45, 7) is 0. The van der Waals surface area contributed by atoms with Gasteiger partial charge in [-0.3, -0.25) is 4.40 Å².